The van der Waals surface area contributed by atoms with E-state index in [1.807, 2.05) is 6.07 Å². The molecule has 0 bridgehead atoms. The number of benzene rings is 1. The standard InChI is InChI=1S/C17H23FN2O3/c18-14-3-1-2-13(10-14)16-11-19-6-7-20(16)17(21)12-23-15-4-8-22-9-5-15/h1-3,10,15-16,19H,4-9,11-12H2. The van der Waals surface area contributed by atoms with Crippen LogP contribution in [0.5, 0.6) is 0 Å². The molecule has 1 unspecified atom stereocenters. The van der Waals surface area contributed by atoms with Crippen molar-refractivity contribution < 1.29 is 18.7 Å². The van der Waals surface area contributed by atoms with E-state index in [4.69, 9.17) is 9.47 Å². The van der Waals surface area contributed by atoms with Crippen LogP contribution in [-0.2, 0) is 14.3 Å². The largest absolute Gasteiger partial charge is 0.381 e. The van der Waals surface area contributed by atoms with Crippen molar-refractivity contribution in [2.24, 2.45) is 0 Å². The first-order valence-electron chi connectivity index (χ1n) is 8.19. The number of hydrogen-bond donors (Lipinski definition) is 1. The van der Waals surface area contributed by atoms with Gasteiger partial charge in [-0.3, -0.25) is 4.79 Å². The molecule has 0 spiro atoms. The molecule has 2 aliphatic heterocycles. The number of rotatable bonds is 4. The third kappa shape index (κ3) is 4.28. The number of piperazine rings is 1. The molecule has 1 atom stereocenters. The summed E-state index contributed by atoms with van der Waals surface area (Å²) in [5, 5.41) is 3.27. The van der Waals surface area contributed by atoms with Gasteiger partial charge in [-0.2, -0.15) is 0 Å². The van der Waals surface area contributed by atoms with Gasteiger partial charge in [0.15, 0.2) is 0 Å². The highest BCUT2D eigenvalue weighted by atomic mass is 19.1. The highest BCUT2D eigenvalue weighted by Gasteiger charge is 2.28. The molecule has 0 aliphatic carbocycles. The summed E-state index contributed by atoms with van der Waals surface area (Å²) in [4.78, 5) is 14.4. The summed E-state index contributed by atoms with van der Waals surface area (Å²) in [6, 6.07) is 6.31. The van der Waals surface area contributed by atoms with E-state index in [0.717, 1.165) is 24.9 Å². The lowest BCUT2D eigenvalue weighted by Gasteiger charge is -2.37. The van der Waals surface area contributed by atoms with Gasteiger partial charge in [0.25, 0.3) is 0 Å². The lowest BCUT2D eigenvalue weighted by molar-refractivity contribution is -0.143. The van der Waals surface area contributed by atoms with E-state index in [2.05, 4.69) is 5.32 Å². The Morgan fingerprint density at radius 2 is 2.22 bits per heavy atom. The van der Waals surface area contributed by atoms with Crippen molar-refractivity contribution in [1.82, 2.24) is 10.2 Å². The molecule has 0 radical (unpaired) electrons. The van der Waals surface area contributed by atoms with Crippen LogP contribution in [0.2, 0.25) is 0 Å². The highest BCUT2D eigenvalue weighted by molar-refractivity contribution is 5.78. The van der Waals surface area contributed by atoms with Gasteiger partial charge in [0.2, 0.25) is 5.91 Å². The van der Waals surface area contributed by atoms with Gasteiger partial charge in [-0.15, -0.1) is 0 Å². The summed E-state index contributed by atoms with van der Waals surface area (Å²) >= 11 is 0. The van der Waals surface area contributed by atoms with E-state index in [0.29, 0.717) is 26.3 Å². The van der Waals surface area contributed by atoms with Crippen LogP contribution in [0.3, 0.4) is 0 Å². The van der Waals surface area contributed by atoms with E-state index < -0.39 is 0 Å². The van der Waals surface area contributed by atoms with Crippen LogP contribution >= 0.6 is 0 Å². The van der Waals surface area contributed by atoms with Gasteiger partial charge in [0, 0.05) is 32.8 Å². The van der Waals surface area contributed by atoms with Gasteiger partial charge < -0.3 is 19.7 Å². The van der Waals surface area contributed by atoms with Crippen LogP contribution in [-0.4, -0.2) is 56.4 Å². The number of nitrogens with zero attached hydrogens (tertiary/aromatic N) is 1. The minimum absolute atomic E-state index is 0.0350. The average molecular weight is 322 g/mol. The van der Waals surface area contributed by atoms with Crippen molar-refractivity contribution in [2.75, 3.05) is 39.5 Å². The number of nitrogens with one attached hydrogen (secondary N) is 1. The lowest BCUT2D eigenvalue weighted by atomic mass is 10.0. The minimum atomic E-state index is -0.279. The molecule has 126 valence electrons. The number of amides is 1. The van der Waals surface area contributed by atoms with E-state index in [1.165, 1.54) is 12.1 Å². The average Bonchev–Trinajstić information content (AvgIpc) is 2.60. The Kier molecular flexibility index (Phi) is 5.59. The quantitative estimate of drug-likeness (QED) is 0.913. The van der Waals surface area contributed by atoms with Crippen LogP contribution in [0.15, 0.2) is 24.3 Å². The van der Waals surface area contributed by atoms with Crippen LogP contribution < -0.4 is 5.32 Å². The van der Waals surface area contributed by atoms with Crippen molar-refractivity contribution in [3.63, 3.8) is 0 Å². The number of ether oxygens (including phenoxy) is 2. The summed E-state index contributed by atoms with van der Waals surface area (Å²) in [7, 11) is 0. The Hall–Kier alpha value is -1.50. The van der Waals surface area contributed by atoms with E-state index >= 15 is 0 Å². The minimum Gasteiger partial charge on any atom is -0.381 e. The van der Waals surface area contributed by atoms with Gasteiger partial charge in [0.05, 0.1) is 12.1 Å². The van der Waals surface area contributed by atoms with Crippen molar-refractivity contribution >= 4 is 5.91 Å². The first-order valence-corrected chi connectivity index (χ1v) is 8.19. The third-order valence-electron chi connectivity index (χ3n) is 4.41. The normalized spacial score (nSPS) is 23.0. The molecule has 2 heterocycles. The van der Waals surface area contributed by atoms with Crippen molar-refractivity contribution in [3.05, 3.63) is 35.6 Å². The first-order chi connectivity index (χ1) is 11.2. The molecular weight excluding hydrogens is 299 g/mol. The lowest BCUT2D eigenvalue weighted by Crippen LogP contribution is -2.50. The maximum absolute atomic E-state index is 13.5. The third-order valence-corrected chi connectivity index (χ3v) is 4.41. The molecule has 3 rings (SSSR count). The maximum Gasteiger partial charge on any atom is 0.249 e. The first kappa shape index (κ1) is 16.4. The van der Waals surface area contributed by atoms with E-state index in [-0.39, 0.29) is 30.5 Å². The Morgan fingerprint density at radius 3 is 3.00 bits per heavy atom. The van der Waals surface area contributed by atoms with Crippen molar-refractivity contribution in [3.8, 4) is 0 Å². The van der Waals surface area contributed by atoms with E-state index in [1.54, 1.807) is 11.0 Å². The Labute approximate surface area is 135 Å². The summed E-state index contributed by atoms with van der Waals surface area (Å²) in [6.07, 6.45) is 1.77. The van der Waals surface area contributed by atoms with Crippen LogP contribution in [0.25, 0.3) is 0 Å². The predicted molar refractivity (Wildman–Crippen MR) is 83.5 cm³/mol. The molecule has 5 nitrogen and oxygen atoms in total. The molecule has 1 amide bonds. The topological polar surface area (TPSA) is 50.8 Å². The van der Waals surface area contributed by atoms with Gasteiger partial charge >= 0.3 is 0 Å². The number of carbonyl (C=O) groups excluding carboxylic acids is 1. The number of carbonyl (C=O) groups is 1. The fourth-order valence-electron chi connectivity index (χ4n) is 3.13. The zero-order valence-corrected chi connectivity index (χ0v) is 13.2. The second-order valence-electron chi connectivity index (χ2n) is 5.98. The summed E-state index contributed by atoms with van der Waals surface area (Å²) in [5.41, 5.74) is 0.816. The van der Waals surface area contributed by atoms with Gasteiger partial charge in [-0.1, -0.05) is 12.1 Å². The number of hydrogen-bond acceptors (Lipinski definition) is 4. The molecule has 2 fully saturated rings. The molecule has 1 N–H and O–H groups in total. The molecule has 1 aromatic carbocycles. The number of halogens is 1. The monoisotopic (exact) mass is 322 g/mol. The highest BCUT2D eigenvalue weighted by Crippen LogP contribution is 2.23. The molecule has 0 saturated carbocycles. The zero-order valence-electron chi connectivity index (χ0n) is 13.2. The summed E-state index contributed by atoms with van der Waals surface area (Å²) in [5.74, 6) is -0.314. The second kappa shape index (κ2) is 7.86. The SMILES string of the molecule is O=C(COC1CCOCC1)N1CCNCC1c1cccc(F)c1. The Balaban J connectivity index is 1.62. The molecule has 2 saturated heterocycles. The smallest absolute Gasteiger partial charge is 0.249 e. The molecule has 2 aliphatic rings. The van der Waals surface area contributed by atoms with E-state index in [9.17, 15) is 9.18 Å². The molecular formula is C17H23FN2O3. The Bertz CT molecular complexity index is 534. The summed E-state index contributed by atoms with van der Waals surface area (Å²) in [6.45, 7) is 3.45. The maximum atomic E-state index is 13.5. The van der Waals surface area contributed by atoms with Crippen LogP contribution in [0, 0.1) is 5.82 Å². The van der Waals surface area contributed by atoms with Gasteiger partial charge in [-0.25, -0.2) is 4.39 Å². The molecule has 0 aromatic heterocycles. The van der Waals surface area contributed by atoms with Crippen LogP contribution in [0.4, 0.5) is 4.39 Å². The van der Waals surface area contributed by atoms with Gasteiger partial charge in [-0.05, 0) is 30.5 Å². The fourth-order valence-corrected chi connectivity index (χ4v) is 3.13. The fraction of sp³-hybridized carbons (Fsp3) is 0.588. The van der Waals surface area contributed by atoms with Crippen molar-refractivity contribution in [2.45, 2.75) is 25.0 Å². The van der Waals surface area contributed by atoms with Crippen LogP contribution in [0.1, 0.15) is 24.4 Å². The molecule has 6 heteroatoms. The molecule has 23 heavy (non-hydrogen) atoms. The van der Waals surface area contributed by atoms with Crippen molar-refractivity contribution in [1.29, 1.82) is 0 Å². The second-order valence-corrected chi connectivity index (χ2v) is 5.98. The summed E-state index contributed by atoms with van der Waals surface area (Å²) < 4.78 is 24.5. The Morgan fingerprint density at radius 1 is 1.39 bits per heavy atom. The molecule has 1 aromatic rings. The predicted octanol–water partition coefficient (Wildman–Crippen LogP) is 1.49. The van der Waals surface area contributed by atoms with Gasteiger partial charge in [0.1, 0.15) is 12.4 Å². The zero-order chi connectivity index (χ0) is 16.1.